The van der Waals surface area contributed by atoms with E-state index in [1.807, 2.05) is 0 Å². The molecule has 0 aliphatic rings. The molecule has 0 aliphatic heterocycles. The van der Waals surface area contributed by atoms with Crippen LogP contribution in [0.1, 0.15) is 22.5 Å². The second-order valence-electron chi connectivity index (χ2n) is 10.5. The molecule has 4 aromatic carbocycles. The van der Waals surface area contributed by atoms with E-state index in [9.17, 15) is 36.6 Å². The van der Waals surface area contributed by atoms with Gasteiger partial charge in [-0.15, -0.1) is 0 Å². The Morgan fingerprint density at radius 2 is 1.51 bits per heavy atom. The lowest BCUT2D eigenvalue weighted by Crippen LogP contribution is -2.36. The van der Waals surface area contributed by atoms with Crippen LogP contribution in [0.3, 0.4) is 0 Å². The second kappa shape index (κ2) is 13.4. The van der Waals surface area contributed by atoms with Gasteiger partial charge in [-0.3, -0.25) is 9.59 Å². The van der Waals surface area contributed by atoms with Gasteiger partial charge < -0.3 is 14.6 Å². The number of alkyl halides is 3. The van der Waals surface area contributed by atoms with Crippen LogP contribution in [0.5, 0.6) is 0 Å². The standard InChI is InChI=1S/C34H28F5N3O3/c35-28-6-3-4-25(32(28)36)14-17-30-40-33(45)27-5-1-2-7-29(27)42(30)21-31(44)41(18-19-43)20-22-8-10-23(11-9-22)24-12-15-26(16-13-24)34(37,38)39/h1-13,15-16,43H,14,17-21H2. The maximum atomic E-state index is 14.3. The minimum atomic E-state index is -4.43. The lowest BCUT2D eigenvalue weighted by Gasteiger charge is -2.24. The van der Waals surface area contributed by atoms with Crippen LogP contribution < -0.4 is 5.56 Å². The molecule has 1 aromatic heterocycles. The quantitative estimate of drug-likeness (QED) is 0.190. The second-order valence-corrected chi connectivity index (χ2v) is 10.5. The summed E-state index contributed by atoms with van der Waals surface area (Å²) >= 11 is 0. The van der Waals surface area contributed by atoms with Crippen LogP contribution >= 0.6 is 0 Å². The molecule has 0 atom stereocenters. The first-order valence-electron chi connectivity index (χ1n) is 14.1. The van der Waals surface area contributed by atoms with Gasteiger partial charge in [0, 0.05) is 19.5 Å². The van der Waals surface area contributed by atoms with Gasteiger partial charge in [-0.1, -0.05) is 60.7 Å². The highest BCUT2D eigenvalue weighted by molar-refractivity contribution is 5.82. The van der Waals surface area contributed by atoms with Crippen LogP contribution in [0, 0.1) is 11.6 Å². The average Bonchev–Trinajstić information content (AvgIpc) is 3.03. The molecule has 5 aromatic rings. The number of fused-ring (bicyclic) bond motifs is 1. The summed E-state index contributed by atoms with van der Waals surface area (Å²) in [5.74, 6) is -2.13. The summed E-state index contributed by atoms with van der Waals surface area (Å²) in [6.07, 6.45) is -4.34. The van der Waals surface area contributed by atoms with Crippen LogP contribution in [-0.2, 0) is 36.9 Å². The van der Waals surface area contributed by atoms with Crippen molar-refractivity contribution >= 4 is 16.8 Å². The number of aliphatic hydroxyl groups is 1. The number of aliphatic hydroxyl groups excluding tert-OH is 1. The third kappa shape index (κ3) is 7.26. The summed E-state index contributed by atoms with van der Waals surface area (Å²) in [4.78, 5) is 32.1. The molecule has 11 heteroatoms. The molecule has 5 rings (SSSR count). The zero-order chi connectivity index (χ0) is 32.1. The summed E-state index contributed by atoms with van der Waals surface area (Å²) in [6.45, 7) is -0.417. The number of hydrogen-bond donors (Lipinski definition) is 1. The number of para-hydroxylation sites is 1. The molecule has 0 spiro atoms. The van der Waals surface area contributed by atoms with Crippen LogP contribution in [0.2, 0.25) is 0 Å². The Kier molecular flexibility index (Phi) is 9.38. The smallest absolute Gasteiger partial charge is 0.395 e. The number of benzene rings is 4. The van der Waals surface area contributed by atoms with Crippen LogP contribution in [0.25, 0.3) is 22.0 Å². The topological polar surface area (TPSA) is 75.4 Å². The number of rotatable bonds is 10. The molecule has 0 bridgehead atoms. The van der Waals surface area contributed by atoms with Crippen LogP contribution in [-0.4, -0.2) is 38.6 Å². The van der Waals surface area contributed by atoms with E-state index in [-0.39, 0.29) is 56.4 Å². The predicted octanol–water partition coefficient (Wildman–Crippen LogP) is 6.17. The van der Waals surface area contributed by atoms with Crippen molar-refractivity contribution in [2.75, 3.05) is 13.2 Å². The number of halogens is 5. The van der Waals surface area contributed by atoms with E-state index in [1.165, 1.54) is 29.2 Å². The Labute approximate surface area is 255 Å². The van der Waals surface area contributed by atoms with Crippen molar-refractivity contribution in [1.29, 1.82) is 0 Å². The number of aromatic nitrogens is 2. The van der Waals surface area contributed by atoms with E-state index in [2.05, 4.69) is 4.98 Å². The van der Waals surface area contributed by atoms with Gasteiger partial charge in [-0.2, -0.15) is 18.2 Å². The molecule has 45 heavy (non-hydrogen) atoms. The van der Waals surface area contributed by atoms with Gasteiger partial charge >= 0.3 is 6.18 Å². The van der Waals surface area contributed by atoms with Crippen molar-refractivity contribution in [3.05, 3.63) is 135 Å². The largest absolute Gasteiger partial charge is 0.416 e. The molecule has 0 saturated heterocycles. The van der Waals surface area contributed by atoms with Gasteiger partial charge in [0.2, 0.25) is 5.91 Å². The van der Waals surface area contributed by atoms with Crippen LogP contribution in [0.15, 0.2) is 95.8 Å². The first-order valence-corrected chi connectivity index (χ1v) is 14.1. The number of carbonyl (C=O) groups excluding carboxylic acids is 1. The van der Waals surface area contributed by atoms with Crippen molar-refractivity contribution in [2.24, 2.45) is 0 Å². The van der Waals surface area contributed by atoms with Crippen molar-refractivity contribution in [3.8, 4) is 11.1 Å². The van der Waals surface area contributed by atoms with Crippen molar-refractivity contribution in [2.45, 2.75) is 32.1 Å². The van der Waals surface area contributed by atoms with E-state index in [0.29, 0.717) is 22.0 Å². The summed E-state index contributed by atoms with van der Waals surface area (Å²) < 4.78 is 68.5. The Morgan fingerprint density at radius 1 is 0.844 bits per heavy atom. The fourth-order valence-corrected chi connectivity index (χ4v) is 5.14. The molecular weight excluding hydrogens is 593 g/mol. The third-order valence-corrected chi connectivity index (χ3v) is 7.51. The predicted molar refractivity (Wildman–Crippen MR) is 159 cm³/mol. The lowest BCUT2D eigenvalue weighted by atomic mass is 10.0. The molecule has 232 valence electrons. The van der Waals surface area contributed by atoms with Gasteiger partial charge in [0.25, 0.3) is 5.56 Å². The maximum Gasteiger partial charge on any atom is 0.416 e. The number of nitrogens with zero attached hydrogens (tertiary/aromatic N) is 3. The fourth-order valence-electron chi connectivity index (χ4n) is 5.14. The Hall–Kier alpha value is -4.90. The third-order valence-electron chi connectivity index (χ3n) is 7.51. The summed E-state index contributed by atoms with van der Waals surface area (Å²) in [7, 11) is 0. The molecule has 0 aliphatic carbocycles. The molecule has 0 saturated carbocycles. The monoisotopic (exact) mass is 621 g/mol. The number of hydrogen-bond acceptors (Lipinski definition) is 4. The van der Waals surface area contributed by atoms with E-state index >= 15 is 0 Å². The minimum absolute atomic E-state index is 0.00882. The minimum Gasteiger partial charge on any atom is -0.395 e. The van der Waals surface area contributed by atoms with Crippen LogP contribution in [0.4, 0.5) is 22.0 Å². The molecule has 0 unspecified atom stereocenters. The van der Waals surface area contributed by atoms with Gasteiger partial charge in [-0.25, -0.2) is 8.78 Å². The zero-order valence-electron chi connectivity index (χ0n) is 23.9. The summed E-state index contributed by atoms with van der Waals surface area (Å²) in [5, 5.41) is 10.0. The SMILES string of the molecule is O=C(Cn1c(CCc2cccc(F)c2F)nc(=O)c2ccccc21)N(CCO)Cc1ccc(-c2ccc(C(F)(F)F)cc2)cc1. The number of carbonyl (C=O) groups is 1. The van der Waals surface area contributed by atoms with Gasteiger partial charge in [0.1, 0.15) is 12.4 Å². The molecule has 1 heterocycles. The fraction of sp³-hybridized carbons (Fsp3) is 0.206. The van der Waals surface area contributed by atoms with Crippen molar-refractivity contribution in [3.63, 3.8) is 0 Å². The van der Waals surface area contributed by atoms with Crippen molar-refractivity contribution < 1.29 is 31.9 Å². The zero-order valence-corrected chi connectivity index (χ0v) is 23.9. The summed E-state index contributed by atoms with van der Waals surface area (Å²) in [5.41, 5.74) is 1.32. The Bertz CT molecular complexity index is 1870. The maximum absolute atomic E-state index is 14.3. The van der Waals surface area contributed by atoms with Gasteiger partial charge in [0.05, 0.1) is 23.1 Å². The molecule has 1 N–H and O–H groups in total. The normalized spacial score (nSPS) is 11.6. The Morgan fingerprint density at radius 3 is 2.18 bits per heavy atom. The first kappa shape index (κ1) is 31.5. The highest BCUT2D eigenvalue weighted by atomic mass is 19.4. The van der Waals surface area contributed by atoms with E-state index in [1.54, 1.807) is 53.1 Å². The summed E-state index contributed by atoms with van der Waals surface area (Å²) in [6, 6.07) is 22.3. The number of aryl methyl sites for hydroxylation is 2. The molecular formula is C34H28F5N3O3. The molecule has 6 nitrogen and oxygen atoms in total. The molecule has 0 fully saturated rings. The van der Waals surface area contributed by atoms with E-state index in [0.717, 1.165) is 23.8 Å². The van der Waals surface area contributed by atoms with Gasteiger partial charge in [-0.05, 0) is 59.0 Å². The number of amides is 1. The lowest BCUT2D eigenvalue weighted by molar-refractivity contribution is -0.137. The molecule has 1 amide bonds. The average molecular weight is 622 g/mol. The Balaban J connectivity index is 1.38. The van der Waals surface area contributed by atoms with Crippen molar-refractivity contribution in [1.82, 2.24) is 14.5 Å². The highest BCUT2D eigenvalue weighted by Gasteiger charge is 2.30. The van der Waals surface area contributed by atoms with E-state index in [4.69, 9.17) is 0 Å². The highest BCUT2D eigenvalue weighted by Crippen LogP contribution is 2.31. The molecule has 0 radical (unpaired) electrons. The van der Waals surface area contributed by atoms with Gasteiger partial charge in [0.15, 0.2) is 11.6 Å². The first-order chi connectivity index (χ1) is 21.5. The van der Waals surface area contributed by atoms with E-state index < -0.39 is 28.9 Å².